The van der Waals surface area contributed by atoms with Crippen LogP contribution in [0.25, 0.3) is 0 Å². The average molecular weight is 480 g/mol. The van der Waals surface area contributed by atoms with Gasteiger partial charge in [0.15, 0.2) is 0 Å². The highest BCUT2D eigenvalue weighted by atomic mass is 35.5. The number of amides is 1. The number of likely N-dealkylation sites (tertiary alicyclic amines) is 1. The first kappa shape index (κ1) is 26.1. The SMILES string of the molecule is C=C(/C=C\C=C/C)[C@@H](CN1CC[C@H](NCC(=O)O)C1)N(C)C(=O)Cc1ccc(Cl)c(Cl)c1. The van der Waals surface area contributed by atoms with Crippen LogP contribution in [0.4, 0.5) is 0 Å². The van der Waals surface area contributed by atoms with Gasteiger partial charge in [-0.2, -0.15) is 0 Å². The second-order valence-corrected chi connectivity index (χ2v) is 8.74. The third-order valence-corrected chi connectivity index (χ3v) is 6.23. The van der Waals surface area contributed by atoms with Crippen LogP contribution in [0.2, 0.25) is 10.0 Å². The summed E-state index contributed by atoms with van der Waals surface area (Å²) in [5.41, 5.74) is 1.62. The summed E-state index contributed by atoms with van der Waals surface area (Å²) in [6, 6.07) is 5.11. The fraction of sp³-hybridized carbons (Fsp3) is 0.417. The van der Waals surface area contributed by atoms with Crippen molar-refractivity contribution in [3.05, 3.63) is 70.3 Å². The Morgan fingerprint density at radius 3 is 2.75 bits per heavy atom. The maximum Gasteiger partial charge on any atom is 0.317 e. The summed E-state index contributed by atoms with van der Waals surface area (Å²) in [6.45, 7) is 8.27. The van der Waals surface area contributed by atoms with Crippen molar-refractivity contribution in [3.8, 4) is 0 Å². The number of benzene rings is 1. The Bertz CT molecular complexity index is 885. The molecule has 32 heavy (non-hydrogen) atoms. The van der Waals surface area contributed by atoms with Gasteiger partial charge in [-0.1, -0.05) is 60.2 Å². The van der Waals surface area contributed by atoms with Gasteiger partial charge in [0.25, 0.3) is 0 Å². The maximum atomic E-state index is 13.1. The Morgan fingerprint density at radius 2 is 2.09 bits per heavy atom. The predicted molar refractivity (Wildman–Crippen MR) is 130 cm³/mol. The number of carbonyl (C=O) groups is 2. The molecule has 1 heterocycles. The molecule has 0 radical (unpaired) electrons. The molecule has 1 amide bonds. The maximum absolute atomic E-state index is 13.1. The van der Waals surface area contributed by atoms with Crippen molar-refractivity contribution < 1.29 is 14.7 Å². The number of carboxylic acids is 1. The monoisotopic (exact) mass is 479 g/mol. The number of aliphatic carboxylic acids is 1. The summed E-state index contributed by atoms with van der Waals surface area (Å²) in [7, 11) is 1.79. The minimum absolute atomic E-state index is 0.0475. The standard InChI is InChI=1S/C24H31Cl2N3O3/c1-4-5-6-7-17(2)22(16-29-11-10-19(15-29)27-14-24(31)32)28(3)23(30)13-18-8-9-20(25)21(26)12-18/h4-9,12,19,22,27H,2,10-11,13-16H2,1,3H3,(H,31,32)/b5-4-,7-6-/t19-,22+/m0/s1. The third-order valence-electron chi connectivity index (χ3n) is 5.49. The Hall–Kier alpha value is -2.12. The van der Waals surface area contributed by atoms with E-state index in [9.17, 15) is 9.59 Å². The molecule has 1 aromatic rings. The summed E-state index contributed by atoms with van der Waals surface area (Å²) in [6.07, 6.45) is 8.75. The minimum Gasteiger partial charge on any atom is -0.480 e. The minimum atomic E-state index is -0.864. The Balaban J connectivity index is 2.09. The molecule has 2 rings (SSSR count). The molecule has 1 aliphatic heterocycles. The summed E-state index contributed by atoms with van der Waals surface area (Å²) in [5, 5.41) is 12.8. The molecule has 6 nitrogen and oxygen atoms in total. The van der Waals surface area contributed by atoms with E-state index >= 15 is 0 Å². The Labute approximate surface area is 200 Å². The molecule has 1 fully saturated rings. The summed E-state index contributed by atoms with van der Waals surface area (Å²) >= 11 is 12.1. The van der Waals surface area contributed by atoms with Crippen LogP contribution >= 0.6 is 23.2 Å². The smallest absolute Gasteiger partial charge is 0.317 e. The lowest BCUT2D eigenvalue weighted by Gasteiger charge is -2.32. The summed E-state index contributed by atoms with van der Waals surface area (Å²) < 4.78 is 0. The fourth-order valence-electron chi connectivity index (χ4n) is 3.65. The molecule has 0 unspecified atom stereocenters. The number of hydrogen-bond donors (Lipinski definition) is 2. The van der Waals surface area contributed by atoms with E-state index in [4.69, 9.17) is 28.3 Å². The van der Waals surface area contributed by atoms with Crippen LogP contribution in [0.1, 0.15) is 18.9 Å². The first-order valence-corrected chi connectivity index (χ1v) is 11.3. The van der Waals surface area contributed by atoms with Crippen LogP contribution in [-0.2, 0) is 16.0 Å². The predicted octanol–water partition coefficient (Wildman–Crippen LogP) is 3.80. The van der Waals surface area contributed by atoms with Crippen molar-refractivity contribution in [2.75, 3.05) is 33.2 Å². The lowest BCUT2D eigenvalue weighted by atomic mass is 10.0. The molecular weight excluding hydrogens is 449 g/mol. The topological polar surface area (TPSA) is 72.9 Å². The second kappa shape index (κ2) is 12.8. The van der Waals surface area contributed by atoms with E-state index < -0.39 is 5.97 Å². The van der Waals surface area contributed by atoms with Gasteiger partial charge in [0, 0.05) is 26.2 Å². The number of hydrogen-bond acceptors (Lipinski definition) is 4. The van der Waals surface area contributed by atoms with Crippen molar-refractivity contribution in [2.45, 2.75) is 31.8 Å². The lowest BCUT2D eigenvalue weighted by Crippen LogP contribution is -2.46. The number of halogens is 2. The number of allylic oxidation sites excluding steroid dienone is 3. The normalized spacial score (nSPS) is 17.8. The molecule has 0 saturated carbocycles. The highest BCUT2D eigenvalue weighted by Gasteiger charge is 2.29. The molecule has 1 aromatic carbocycles. The Morgan fingerprint density at radius 1 is 1.34 bits per heavy atom. The fourth-order valence-corrected chi connectivity index (χ4v) is 3.97. The largest absolute Gasteiger partial charge is 0.480 e. The number of carboxylic acid groups (broad SMARTS) is 1. The van der Waals surface area contributed by atoms with Crippen LogP contribution in [0.15, 0.2) is 54.7 Å². The molecule has 174 valence electrons. The second-order valence-electron chi connectivity index (χ2n) is 7.93. The molecule has 8 heteroatoms. The van der Waals surface area contributed by atoms with Crippen molar-refractivity contribution in [2.24, 2.45) is 0 Å². The molecule has 2 atom stereocenters. The van der Waals surface area contributed by atoms with Gasteiger partial charge >= 0.3 is 5.97 Å². The molecule has 0 aromatic heterocycles. The molecule has 1 aliphatic rings. The molecule has 1 saturated heterocycles. The molecule has 0 aliphatic carbocycles. The third kappa shape index (κ3) is 8.10. The van der Waals surface area contributed by atoms with E-state index in [2.05, 4.69) is 16.8 Å². The molecule has 0 spiro atoms. The highest BCUT2D eigenvalue weighted by Crippen LogP contribution is 2.23. The van der Waals surface area contributed by atoms with Crippen molar-refractivity contribution in [1.82, 2.24) is 15.1 Å². The van der Waals surface area contributed by atoms with E-state index in [1.54, 1.807) is 30.1 Å². The van der Waals surface area contributed by atoms with E-state index in [-0.39, 0.29) is 31.0 Å². The highest BCUT2D eigenvalue weighted by molar-refractivity contribution is 6.42. The van der Waals surface area contributed by atoms with E-state index in [0.717, 1.165) is 30.6 Å². The van der Waals surface area contributed by atoms with Gasteiger partial charge in [-0.05, 0) is 43.2 Å². The molecule has 2 N–H and O–H groups in total. The zero-order valence-corrected chi connectivity index (χ0v) is 20.1. The van der Waals surface area contributed by atoms with Crippen LogP contribution < -0.4 is 5.32 Å². The van der Waals surface area contributed by atoms with Gasteiger partial charge < -0.3 is 15.3 Å². The molecular formula is C24H31Cl2N3O3. The van der Waals surface area contributed by atoms with Crippen molar-refractivity contribution >= 4 is 35.1 Å². The van der Waals surface area contributed by atoms with Crippen LogP contribution in [0, 0.1) is 0 Å². The first-order chi connectivity index (χ1) is 15.2. The summed E-state index contributed by atoms with van der Waals surface area (Å²) in [5.74, 6) is -0.912. The number of nitrogens with one attached hydrogen (secondary N) is 1. The van der Waals surface area contributed by atoms with E-state index in [1.807, 2.05) is 31.2 Å². The van der Waals surface area contributed by atoms with Gasteiger partial charge in [0.1, 0.15) is 0 Å². The van der Waals surface area contributed by atoms with E-state index in [0.29, 0.717) is 16.6 Å². The lowest BCUT2D eigenvalue weighted by molar-refractivity contribution is -0.136. The quantitative estimate of drug-likeness (QED) is 0.472. The van der Waals surface area contributed by atoms with Gasteiger partial charge in [0.05, 0.1) is 29.1 Å². The number of carbonyl (C=O) groups excluding carboxylic acids is 1. The molecule has 0 bridgehead atoms. The van der Waals surface area contributed by atoms with Crippen molar-refractivity contribution in [1.29, 1.82) is 0 Å². The zero-order valence-electron chi connectivity index (χ0n) is 18.6. The van der Waals surface area contributed by atoms with Crippen LogP contribution in [-0.4, -0.2) is 72.1 Å². The van der Waals surface area contributed by atoms with Gasteiger partial charge in [-0.25, -0.2) is 0 Å². The average Bonchev–Trinajstić information content (AvgIpc) is 3.20. The number of likely N-dealkylation sites (N-methyl/N-ethyl adjacent to an activating group) is 1. The van der Waals surface area contributed by atoms with Crippen LogP contribution in [0.5, 0.6) is 0 Å². The van der Waals surface area contributed by atoms with E-state index in [1.165, 1.54) is 0 Å². The number of rotatable bonds is 11. The van der Waals surface area contributed by atoms with Gasteiger partial charge in [0.2, 0.25) is 5.91 Å². The van der Waals surface area contributed by atoms with Gasteiger partial charge in [-0.15, -0.1) is 0 Å². The zero-order chi connectivity index (χ0) is 23.7. The van der Waals surface area contributed by atoms with Crippen molar-refractivity contribution in [3.63, 3.8) is 0 Å². The number of nitrogens with zero attached hydrogens (tertiary/aromatic N) is 2. The first-order valence-electron chi connectivity index (χ1n) is 10.6. The Kier molecular flexibility index (Phi) is 10.5. The van der Waals surface area contributed by atoms with Gasteiger partial charge in [-0.3, -0.25) is 14.5 Å². The summed E-state index contributed by atoms with van der Waals surface area (Å²) in [4.78, 5) is 27.9. The van der Waals surface area contributed by atoms with Crippen LogP contribution in [0.3, 0.4) is 0 Å².